The van der Waals surface area contributed by atoms with Crippen LogP contribution in [0.4, 0.5) is 0 Å². The zero-order chi connectivity index (χ0) is 11.8. The van der Waals surface area contributed by atoms with Gasteiger partial charge < -0.3 is 15.2 Å². The Hall–Kier alpha value is -1.22. The van der Waals surface area contributed by atoms with Crippen LogP contribution in [0.5, 0.6) is 11.5 Å². The normalized spacial score (nSPS) is 26.0. The van der Waals surface area contributed by atoms with Crippen LogP contribution >= 0.6 is 0 Å². The molecule has 0 saturated carbocycles. The second-order valence-corrected chi connectivity index (χ2v) is 4.96. The van der Waals surface area contributed by atoms with Crippen molar-refractivity contribution in [3.63, 3.8) is 0 Å². The first-order valence-corrected chi connectivity index (χ1v) is 6.38. The maximum Gasteiger partial charge on any atom is 0.123 e. The lowest BCUT2D eigenvalue weighted by molar-refractivity contribution is 0.322. The van der Waals surface area contributed by atoms with E-state index in [4.69, 9.17) is 15.2 Å². The van der Waals surface area contributed by atoms with Crippen molar-refractivity contribution in [1.29, 1.82) is 0 Å². The van der Waals surface area contributed by atoms with Crippen molar-refractivity contribution in [3.8, 4) is 11.5 Å². The summed E-state index contributed by atoms with van der Waals surface area (Å²) in [7, 11) is 1.74. The molecule has 3 heteroatoms. The molecule has 0 radical (unpaired) electrons. The van der Waals surface area contributed by atoms with Crippen LogP contribution in [0.3, 0.4) is 0 Å². The zero-order valence-corrected chi connectivity index (χ0v) is 10.2. The van der Waals surface area contributed by atoms with Crippen LogP contribution in [0, 0.1) is 0 Å². The minimum Gasteiger partial charge on any atom is -0.496 e. The molecule has 1 aromatic rings. The van der Waals surface area contributed by atoms with Crippen molar-refractivity contribution in [2.24, 2.45) is 5.73 Å². The van der Waals surface area contributed by atoms with E-state index in [1.54, 1.807) is 7.11 Å². The van der Waals surface area contributed by atoms with Crippen LogP contribution in [0.25, 0.3) is 0 Å². The molecule has 2 aliphatic rings. The summed E-state index contributed by atoms with van der Waals surface area (Å²) in [5, 5.41) is 0. The van der Waals surface area contributed by atoms with Gasteiger partial charge in [0.1, 0.15) is 11.5 Å². The molecule has 0 saturated heterocycles. The van der Waals surface area contributed by atoms with Gasteiger partial charge in [0.15, 0.2) is 0 Å². The van der Waals surface area contributed by atoms with E-state index in [9.17, 15) is 0 Å². The molecule has 17 heavy (non-hydrogen) atoms. The van der Waals surface area contributed by atoms with E-state index in [0.29, 0.717) is 18.4 Å². The van der Waals surface area contributed by atoms with E-state index in [0.717, 1.165) is 18.1 Å². The summed E-state index contributed by atoms with van der Waals surface area (Å²) in [5.74, 6) is 3.00. The van der Waals surface area contributed by atoms with Gasteiger partial charge in [-0.25, -0.2) is 0 Å². The van der Waals surface area contributed by atoms with Crippen LogP contribution in [0.15, 0.2) is 12.1 Å². The van der Waals surface area contributed by atoms with Gasteiger partial charge in [-0.2, -0.15) is 0 Å². The third kappa shape index (κ3) is 1.61. The fraction of sp³-hybridized carbons (Fsp3) is 0.571. The molecule has 1 aliphatic carbocycles. The van der Waals surface area contributed by atoms with Crippen LogP contribution in [0.1, 0.15) is 42.2 Å². The SMILES string of the molecule is COc1ccc2c3c1[C@H](CN)CCC[C@H]3CO2. The summed E-state index contributed by atoms with van der Waals surface area (Å²) >= 11 is 0. The third-order valence-corrected chi connectivity index (χ3v) is 4.07. The van der Waals surface area contributed by atoms with Crippen molar-refractivity contribution >= 4 is 0 Å². The Kier molecular flexibility index (Phi) is 2.71. The van der Waals surface area contributed by atoms with E-state index >= 15 is 0 Å². The summed E-state index contributed by atoms with van der Waals surface area (Å²) in [6, 6.07) is 4.06. The number of rotatable bonds is 2. The number of hydrogen-bond acceptors (Lipinski definition) is 3. The van der Waals surface area contributed by atoms with Gasteiger partial charge in [-0.3, -0.25) is 0 Å². The van der Waals surface area contributed by atoms with Gasteiger partial charge in [-0.05, 0) is 31.5 Å². The maximum absolute atomic E-state index is 5.93. The summed E-state index contributed by atoms with van der Waals surface area (Å²) in [6.45, 7) is 1.52. The number of benzene rings is 1. The van der Waals surface area contributed by atoms with Crippen LogP contribution < -0.4 is 15.2 Å². The van der Waals surface area contributed by atoms with Gasteiger partial charge in [0, 0.05) is 23.0 Å². The molecule has 0 spiro atoms. The van der Waals surface area contributed by atoms with Crippen LogP contribution in [-0.2, 0) is 0 Å². The van der Waals surface area contributed by atoms with Crippen molar-refractivity contribution in [1.82, 2.24) is 0 Å². The van der Waals surface area contributed by atoms with Crippen LogP contribution in [-0.4, -0.2) is 20.3 Å². The van der Waals surface area contributed by atoms with Gasteiger partial charge >= 0.3 is 0 Å². The largest absolute Gasteiger partial charge is 0.496 e. The number of hydrogen-bond donors (Lipinski definition) is 1. The Balaban J connectivity index is 2.19. The van der Waals surface area contributed by atoms with E-state index in [1.807, 2.05) is 12.1 Å². The molecule has 0 aromatic heterocycles. The predicted octanol–water partition coefficient (Wildman–Crippen LogP) is 2.40. The van der Waals surface area contributed by atoms with Crippen molar-refractivity contribution in [2.45, 2.75) is 31.1 Å². The Morgan fingerprint density at radius 2 is 2.24 bits per heavy atom. The molecular weight excluding hydrogens is 214 g/mol. The Morgan fingerprint density at radius 3 is 3.00 bits per heavy atom. The van der Waals surface area contributed by atoms with E-state index in [2.05, 4.69) is 0 Å². The lowest BCUT2D eigenvalue weighted by Gasteiger charge is -2.19. The van der Waals surface area contributed by atoms with Gasteiger partial charge in [0.25, 0.3) is 0 Å². The topological polar surface area (TPSA) is 44.5 Å². The quantitative estimate of drug-likeness (QED) is 0.853. The van der Waals surface area contributed by atoms with Crippen molar-refractivity contribution in [3.05, 3.63) is 23.3 Å². The molecule has 0 bridgehead atoms. The van der Waals surface area contributed by atoms with Gasteiger partial charge in [-0.15, -0.1) is 0 Å². The Morgan fingerprint density at radius 1 is 1.35 bits per heavy atom. The van der Waals surface area contributed by atoms with E-state index < -0.39 is 0 Å². The summed E-state index contributed by atoms with van der Waals surface area (Å²) < 4.78 is 11.3. The highest BCUT2D eigenvalue weighted by molar-refractivity contribution is 5.54. The first-order chi connectivity index (χ1) is 8.35. The van der Waals surface area contributed by atoms with Crippen LogP contribution in [0.2, 0.25) is 0 Å². The molecule has 0 amide bonds. The average molecular weight is 233 g/mol. The van der Waals surface area contributed by atoms with E-state index in [-0.39, 0.29) is 0 Å². The third-order valence-electron chi connectivity index (χ3n) is 4.07. The highest BCUT2D eigenvalue weighted by Crippen LogP contribution is 2.48. The number of methoxy groups -OCH3 is 1. The highest BCUT2D eigenvalue weighted by atomic mass is 16.5. The predicted molar refractivity (Wildman–Crippen MR) is 66.9 cm³/mol. The summed E-state index contributed by atoms with van der Waals surface area (Å²) in [6.07, 6.45) is 3.61. The van der Waals surface area contributed by atoms with Gasteiger partial charge in [-0.1, -0.05) is 6.42 Å². The standard InChI is InChI=1S/C14H19NO2/c1-16-11-5-6-12-14-10(8-17-12)4-2-3-9(7-15)13(11)14/h5-6,9-10H,2-4,7-8,15H2,1H3/t9-,10-/m0/s1. The molecule has 0 unspecified atom stereocenters. The second-order valence-electron chi connectivity index (χ2n) is 4.96. The second kappa shape index (κ2) is 4.22. The molecule has 2 atom stereocenters. The molecule has 3 rings (SSSR count). The lowest BCUT2D eigenvalue weighted by atomic mass is 9.89. The minimum absolute atomic E-state index is 0.423. The molecule has 2 N–H and O–H groups in total. The molecule has 3 nitrogen and oxygen atoms in total. The minimum atomic E-state index is 0.423. The number of nitrogens with two attached hydrogens (primary N) is 1. The lowest BCUT2D eigenvalue weighted by Crippen LogP contribution is -2.14. The summed E-state index contributed by atoms with van der Waals surface area (Å²) in [4.78, 5) is 0. The first kappa shape index (κ1) is 10.9. The smallest absolute Gasteiger partial charge is 0.123 e. The Bertz CT molecular complexity index is 430. The fourth-order valence-corrected chi connectivity index (χ4v) is 3.23. The molecule has 92 valence electrons. The zero-order valence-electron chi connectivity index (χ0n) is 10.2. The average Bonchev–Trinajstić information content (AvgIpc) is 2.67. The molecule has 1 heterocycles. The molecule has 1 aromatic carbocycles. The van der Waals surface area contributed by atoms with Crippen molar-refractivity contribution in [2.75, 3.05) is 20.3 Å². The summed E-state index contributed by atoms with van der Waals surface area (Å²) in [5.41, 5.74) is 8.62. The Labute approximate surface area is 102 Å². The molecule has 0 fully saturated rings. The van der Waals surface area contributed by atoms with Gasteiger partial charge in [0.2, 0.25) is 0 Å². The maximum atomic E-state index is 5.93. The monoisotopic (exact) mass is 233 g/mol. The van der Waals surface area contributed by atoms with Crippen molar-refractivity contribution < 1.29 is 9.47 Å². The fourth-order valence-electron chi connectivity index (χ4n) is 3.23. The molecule has 1 aliphatic heterocycles. The van der Waals surface area contributed by atoms with E-state index in [1.165, 1.54) is 30.4 Å². The molecular formula is C14H19NO2. The highest BCUT2D eigenvalue weighted by Gasteiger charge is 2.34. The number of ether oxygens (including phenoxy) is 2. The van der Waals surface area contributed by atoms with Gasteiger partial charge in [0.05, 0.1) is 13.7 Å². The first-order valence-electron chi connectivity index (χ1n) is 6.38.